The van der Waals surface area contributed by atoms with Gasteiger partial charge >= 0.3 is 5.97 Å². The van der Waals surface area contributed by atoms with Gasteiger partial charge in [0, 0.05) is 12.8 Å². The molecule has 23 heavy (non-hydrogen) atoms. The van der Waals surface area contributed by atoms with Crippen molar-refractivity contribution in [3.05, 3.63) is 0 Å². The lowest BCUT2D eigenvalue weighted by Gasteiger charge is -2.03. The molecule has 3 heteroatoms. The predicted molar refractivity (Wildman–Crippen MR) is 96.4 cm³/mol. The summed E-state index contributed by atoms with van der Waals surface area (Å²) in [5.74, 6) is -0.665. The van der Waals surface area contributed by atoms with Gasteiger partial charge in [0.15, 0.2) is 6.29 Å². The first-order valence-electron chi connectivity index (χ1n) is 9.84. The van der Waals surface area contributed by atoms with E-state index in [4.69, 9.17) is 5.11 Å². The largest absolute Gasteiger partial charge is 0.481 e. The molecule has 0 bridgehead atoms. The first-order valence-corrected chi connectivity index (χ1v) is 9.84. The summed E-state index contributed by atoms with van der Waals surface area (Å²) >= 11 is 0. The molecular formula is C20H37O3. The van der Waals surface area contributed by atoms with Crippen LogP contribution in [-0.2, 0) is 9.59 Å². The fourth-order valence-corrected chi connectivity index (χ4v) is 2.95. The topological polar surface area (TPSA) is 54.4 Å². The lowest BCUT2D eigenvalue weighted by molar-refractivity contribution is -0.137. The molecule has 3 nitrogen and oxygen atoms in total. The minimum atomic E-state index is -0.665. The number of carboxylic acid groups (broad SMARTS) is 1. The number of carbonyl (C=O) groups is 1. The van der Waals surface area contributed by atoms with Gasteiger partial charge in [-0.05, 0) is 12.8 Å². The van der Waals surface area contributed by atoms with E-state index in [1.165, 1.54) is 83.5 Å². The number of hydrogen-bond acceptors (Lipinski definition) is 2. The third-order valence-corrected chi connectivity index (χ3v) is 4.42. The van der Waals surface area contributed by atoms with Gasteiger partial charge in [-0.25, -0.2) is 0 Å². The predicted octanol–water partition coefficient (Wildman–Crippen LogP) is 6.20. The third kappa shape index (κ3) is 21.1. The van der Waals surface area contributed by atoms with Crippen LogP contribution in [0.4, 0.5) is 0 Å². The van der Waals surface area contributed by atoms with Crippen molar-refractivity contribution in [2.24, 2.45) is 0 Å². The third-order valence-electron chi connectivity index (χ3n) is 4.42. The molecule has 135 valence electrons. The van der Waals surface area contributed by atoms with Crippen molar-refractivity contribution in [3.8, 4) is 0 Å². The van der Waals surface area contributed by atoms with E-state index in [-0.39, 0.29) is 0 Å². The van der Waals surface area contributed by atoms with Gasteiger partial charge in [0.25, 0.3) is 0 Å². The van der Waals surface area contributed by atoms with Gasteiger partial charge < -0.3 is 5.11 Å². The minimum absolute atomic E-state index is 0.331. The van der Waals surface area contributed by atoms with Gasteiger partial charge in [0.1, 0.15) is 0 Å². The van der Waals surface area contributed by atoms with Crippen LogP contribution >= 0.6 is 0 Å². The molecule has 0 aromatic heterocycles. The van der Waals surface area contributed by atoms with E-state index < -0.39 is 5.97 Å². The van der Waals surface area contributed by atoms with Crippen LogP contribution in [-0.4, -0.2) is 17.4 Å². The molecule has 1 N–H and O–H groups in total. The molecule has 0 atom stereocenters. The monoisotopic (exact) mass is 325 g/mol. The average Bonchev–Trinajstić information content (AvgIpc) is 2.53. The van der Waals surface area contributed by atoms with Crippen molar-refractivity contribution in [1.82, 2.24) is 0 Å². The molecule has 0 saturated carbocycles. The zero-order chi connectivity index (χ0) is 17.0. The molecule has 0 amide bonds. The van der Waals surface area contributed by atoms with Crippen LogP contribution in [0.2, 0.25) is 0 Å². The first kappa shape index (κ1) is 22.1. The van der Waals surface area contributed by atoms with Gasteiger partial charge in [0.2, 0.25) is 0 Å². The van der Waals surface area contributed by atoms with Gasteiger partial charge in [-0.3, -0.25) is 9.59 Å². The van der Waals surface area contributed by atoms with Crippen LogP contribution < -0.4 is 0 Å². The summed E-state index contributed by atoms with van der Waals surface area (Å²) in [6.45, 7) is 0. The molecular weight excluding hydrogens is 288 g/mol. The van der Waals surface area contributed by atoms with E-state index in [1.54, 1.807) is 0 Å². The highest BCUT2D eigenvalue weighted by Crippen LogP contribution is 2.14. The molecule has 0 spiro atoms. The summed E-state index contributed by atoms with van der Waals surface area (Å²) in [7, 11) is 0. The Bertz CT molecular complexity index is 264. The average molecular weight is 326 g/mol. The molecule has 0 aliphatic carbocycles. The maximum atomic E-state index is 10.4. The Labute approximate surface area is 143 Å². The second kappa shape index (κ2) is 19.2. The highest BCUT2D eigenvalue weighted by Gasteiger charge is 1.97. The van der Waals surface area contributed by atoms with E-state index in [9.17, 15) is 9.59 Å². The molecule has 0 aromatic rings. The maximum absolute atomic E-state index is 10.4. The van der Waals surface area contributed by atoms with Gasteiger partial charge in [-0.15, -0.1) is 0 Å². The van der Waals surface area contributed by atoms with Crippen LogP contribution in [0.25, 0.3) is 0 Å². The zero-order valence-corrected chi connectivity index (χ0v) is 15.0. The van der Waals surface area contributed by atoms with Crippen molar-refractivity contribution in [2.75, 3.05) is 0 Å². The smallest absolute Gasteiger partial charge is 0.303 e. The zero-order valence-electron chi connectivity index (χ0n) is 15.0. The Morgan fingerprint density at radius 2 is 0.870 bits per heavy atom. The number of unbranched alkanes of at least 4 members (excludes halogenated alkanes) is 16. The minimum Gasteiger partial charge on any atom is -0.481 e. The van der Waals surface area contributed by atoms with Crippen LogP contribution in [0, 0.1) is 0 Å². The summed E-state index contributed by atoms with van der Waals surface area (Å²) in [5, 5.41) is 8.54. The molecule has 0 heterocycles. The Morgan fingerprint density at radius 3 is 1.17 bits per heavy atom. The standard InChI is InChI=1S/C20H37O3/c21-19-17-15-13-11-9-7-5-3-1-2-4-6-8-10-12-14-16-18-20(22)23/h1-18H2,(H,22,23). The Morgan fingerprint density at radius 1 is 0.565 bits per heavy atom. The van der Waals surface area contributed by atoms with E-state index in [1.807, 2.05) is 6.29 Å². The second-order valence-electron chi connectivity index (χ2n) is 6.69. The van der Waals surface area contributed by atoms with Gasteiger partial charge in [0.05, 0.1) is 0 Å². The van der Waals surface area contributed by atoms with E-state index in [0.29, 0.717) is 12.8 Å². The van der Waals surface area contributed by atoms with Crippen LogP contribution in [0.5, 0.6) is 0 Å². The van der Waals surface area contributed by atoms with Crippen molar-refractivity contribution in [3.63, 3.8) is 0 Å². The van der Waals surface area contributed by atoms with Crippen LogP contribution in [0.15, 0.2) is 0 Å². The van der Waals surface area contributed by atoms with Gasteiger partial charge in [-0.1, -0.05) is 89.9 Å². The summed E-state index contributed by atoms with van der Waals surface area (Å²) < 4.78 is 0. The first-order chi connectivity index (χ1) is 11.3. The van der Waals surface area contributed by atoms with E-state index in [2.05, 4.69) is 0 Å². The van der Waals surface area contributed by atoms with Crippen LogP contribution in [0.1, 0.15) is 116 Å². The van der Waals surface area contributed by atoms with Crippen molar-refractivity contribution < 1.29 is 14.7 Å². The highest BCUT2D eigenvalue weighted by atomic mass is 16.4. The number of rotatable bonds is 19. The lowest BCUT2D eigenvalue weighted by Crippen LogP contribution is -1.93. The molecule has 0 unspecified atom stereocenters. The summed E-state index contributed by atoms with van der Waals surface area (Å²) in [5.41, 5.74) is 0. The molecule has 0 aromatic carbocycles. The summed E-state index contributed by atoms with van der Waals surface area (Å²) in [6.07, 6.45) is 22.9. The summed E-state index contributed by atoms with van der Waals surface area (Å²) in [4.78, 5) is 20.4. The number of carboxylic acids is 1. The SMILES string of the molecule is O=[C]CCCCCCCCCCCCCCCCCCC(=O)O. The Balaban J connectivity index is 2.97. The lowest BCUT2D eigenvalue weighted by atomic mass is 10.0. The number of hydrogen-bond donors (Lipinski definition) is 1. The Hall–Kier alpha value is -0.860. The quantitative estimate of drug-likeness (QED) is 0.287. The van der Waals surface area contributed by atoms with Gasteiger partial charge in [-0.2, -0.15) is 0 Å². The van der Waals surface area contributed by atoms with Crippen molar-refractivity contribution in [1.29, 1.82) is 0 Å². The molecule has 0 aliphatic rings. The van der Waals surface area contributed by atoms with Crippen molar-refractivity contribution in [2.45, 2.75) is 116 Å². The van der Waals surface area contributed by atoms with Crippen LogP contribution in [0.3, 0.4) is 0 Å². The second-order valence-corrected chi connectivity index (χ2v) is 6.69. The molecule has 0 rings (SSSR count). The fraction of sp³-hybridized carbons (Fsp3) is 0.900. The molecule has 1 radical (unpaired) electrons. The maximum Gasteiger partial charge on any atom is 0.303 e. The molecule has 0 aliphatic heterocycles. The Kier molecular flexibility index (Phi) is 18.5. The fourth-order valence-electron chi connectivity index (χ4n) is 2.95. The summed E-state index contributed by atoms with van der Waals surface area (Å²) in [6, 6.07) is 0. The molecule has 0 fully saturated rings. The van der Waals surface area contributed by atoms with Crippen molar-refractivity contribution >= 4 is 12.3 Å². The van der Waals surface area contributed by atoms with E-state index in [0.717, 1.165) is 19.3 Å². The molecule has 0 saturated heterocycles. The highest BCUT2D eigenvalue weighted by molar-refractivity contribution is 5.66. The normalized spacial score (nSPS) is 10.8. The van der Waals surface area contributed by atoms with E-state index >= 15 is 0 Å². The number of aliphatic carboxylic acids is 1. The number of carbonyl (C=O) groups excluding carboxylic acids is 1.